The van der Waals surface area contributed by atoms with Crippen LogP contribution in [0.1, 0.15) is 35.6 Å². The topological polar surface area (TPSA) is 32.3 Å². The zero-order chi connectivity index (χ0) is 11.6. The molecular formula is C13H21NOS. The molecular weight excluding hydrogens is 218 g/mol. The molecule has 0 radical (unpaired) electrons. The van der Waals surface area contributed by atoms with Crippen molar-refractivity contribution in [3.63, 3.8) is 0 Å². The fraction of sp³-hybridized carbons (Fsp3) is 0.692. The van der Waals surface area contributed by atoms with Gasteiger partial charge in [0.25, 0.3) is 0 Å². The Morgan fingerprint density at radius 1 is 1.44 bits per heavy atom. The van der Waals surface area contributed by atoms with Crippen LogP contribution in [-0.2, 0) is 19.4 Å². The van der Waals surface area contributed by atoms with E-state index in [1.807, 2.05) is 11.3 Å². The first-order valence-corrected chi connectivity index (χ1v) is 6.84. The summed E-state index contributed by atoms with van der Waals surface area (Å²) in [5.74, 6) is 0. The summed E-state index contributed by atoms with van der Waals surface area (Å²) in [4.78, 5) is 3.04. The number of aliphatic hydroxyl groups excluding tert-OH is 1. The van der Waals surface area contributed by atoms with Crippen LogP contribution >= 0.6 is 11.3 Å². The lowest BCUT2D eigenvalue weighted by atomic mass is 9.95. The highest BCUT2D eigenvalue weighted by molar-refractivity contribution is 7.12. The molecule has 0 bridgehead atoms. The van der Waals surface area contributed by atoms with E-state index in [0.29, 0.717) is 0 Å². The van der Waals surface area contributed by atoms with Crippen LogP contribution in [0.5, 0.6) is 0 Å². The number of fused-ring (bicyclic) bond motifs is 1. The van der Waals surface area contributed by atoms with Crippen molar-refractivity contribution in [1.29, 1.82) is 0 Å². The molecule has 2 nitrogen and oxygen atoms in total. The molecule has 3 heteroatoms. The predicted molar refractivity (Wildman–Crippen MR) is 68.9 cm³/mol. The first-order valence-electron chi connectivity index (χ1n) is 6.03. The first-order chi connectivity index (χ1) is 7.61. The summed E-state index contributed by atoms with van der Waals surface area (Å²) >= 11 is 1.96. The fourth-order valence-electron chi connectivity index (χ4n) is 2.06. The molecule has 16 heavy (non-hydrogen) atoms. The highest BCUT2D eigenvalue weighted by Crippen LogP contribution is 2.30. The standard InChI is InChI=1S/C13H21NOS/c1-13(2,9-15)8-14-7-11-6-10-4-3-5-12(10)16-11/h6,14-15H,3-5,7-9H2,1-2H3. The van der Waals surface area contributed by atoms with E-state index in [2.05, 4.69) is 25.2 Å². The molecule has 0 saturated carbocycles. The van der Waals surface area contributed by atoms with E-state index in [1.165, 1.54) is 24.1 Å². The minimum Gasteiger partial charge on any atom is -0.396 e. The van der Waals surface area contributed by atoms with Crippen molar-refractivity contribution >= 4 is 11.3 Å². The van der Waals surface area contributed by atoms with Crippen LogP contribution in [0, 0.1) is 5.41 Å². The maximum atomic E-state index is 9.15. The lowest BCUT2D eigenvalue weighted by molar-refractivity contribution is 0.157. The molecule has 0 aromatic carbocycles. The third-order valence-corrected chi connectivity index (χ3v) is 4.37. The van der Waals surface area contributed by atoms with Gasteiger partial charge in [0.2, 0.25) is 0 Å². The monoisotopic (exact) mass is 239 g/mol. The minimum atomic E-state index is -0.0139. The number of aryl methyl sites for hydroxylation is 2. The van der Waals surface area contributed by atoms with Gasteiger partial charge in [0.15, 0.2) is 0 Å². The quantitative estimate of drug-likeness (QED) is 0.826. The molecule has 0 saturated heterocycles. The van der Waals surface area contributed by atoms with E-state index in [-0.39, 0.29) is 12.0 Å². The van der Waals surface area contributed by atoms with Crippen molar-refractivity contribution in [2.75, 3.05) is 13.2 Å². The molecule has 0 aliphatic heterocycles. The van der Waals surface area contributed by atoms with Gasteiger partial charge in [0, 0.05) is 34.9 Å². The number of thiophene rings is 1. The zero-order valence-electron chi connectivity index (χ0n) is 10.2. The molecule has 90 valence electrons. The van der Waals surface area contributed by atoms with Gasteiger partial charge in [-0.05, 0) is 30.9 Å². The highest BCUT2D eigenvalue weighted by atomic mass is 32.1. The number of hydrogen-bond acceptors (Lipinski definition) is 3. The molecule has 0 unspecified atom stereocenters. The molecule has 2 rings (SSSR count). The van der Waals surface area contributed by atoms with Crippen molar-refractivity contribution in [3.05, 3.63) is 21.4 Å². The lowest BCUT2D eigenvalue weighted by Gasteiger charge is -2.21. The smallest absolute Gasteiger partial charge is 0.0494 e. The second-order valence-corrected chi connectivity index (χ2v) is 6.66. The van der Waals surface area contributed by atoms with Crippen molar-refractivity contribution in [1.82, 2.24) is 5.32 Å². The van der Waals surface area contributed by atoms with E-state index >= 15 is 0 Å². The molecule has 1 heterocycles. The Kier molecular flexibility index (Phi) is 3.67. The van der Waals surface area contributed by atoms with Crippen molar-refractivity contribution in [2.24, 2.45) is 5.41 Å². The Labute approximate surface area is 102 Å². The van der Waals surface area contributed by atoms with Gasteiger partial charge in [-0.3, -0.25) is 0 Å². The highest BCUT2D eigenvalue weighted by Gasteiger charge is 2.17. The summed E-state index contributed by atoms with van der Waals surface area (Å²) in [5.41, 5.74) is 1.56. The Bertz CT molecular complexity index is 335. The van der Waals surface area contributed by atoms with Gasteiger partial charge < -0.3 is 10.4 Å². The summed E-state index contributed by atoms with van der Waals surface area (Å²) in [6, 6.07) is 2.35. The molecule has 1 aromatic heterocycles. The van der Waals surface area contributed by atoms with Crippen molar-refractivity contribution < 1.29 is 5.11 Å². The van der Waals surface area contributed by atoms with Crippen LogP contribution in [-0.4, -0.2) is 18.3 Å². The van der Waals surface area contributed by atoms with Crippen LogP contribution in [0.15, 0.2) is 6.07 Å². The molecule has 1 aromatic rings. The number of aliphatic hydroxyl groups is 1. The normalized spacial score (nSPS) is 15.4. The average Bonchev–Trinajstić information content (AvgIpc) is 2.77. The Morgan fingerprint density at radius 3 is 2.94 bits per heavy atom. The van der Waals surface area contributed by atoms with Gasteiger partial charge in [0.05, 0.1) is 0 Å². The SMILES string of the molecule is CC(C)(CO)CNCc1cc2c(s1)CCC2. The Hall–Kier alpha value is -0.380. The zero-order valence-corrected chi connectivity index (χ0v) is 11.0. The van der Waals surface area contributed by atoms with E-state index in [9.17, 15) is 0 Å². The van der Waals surface area contributed by atoms with Gasteiger partial charge in [-0.25, -0.2) is 0 Å². The largest absolute Gasteiger partial charge is 0.396 e. The molecule has 0 atom stereocenters. The summed E-state index contributed by atoms with van der Waals surface area (Å²) < 4.78 is 0. The second kappa shape index (κ2) is 4.86. The molecule has 0 spiro atoms. The van der Waals surface area contributed by atoms with Crippen LogP contribution in [0.4, 0.5) is 0 Å². The van der Waals surface area contributed by atoms with Crippen LogP contribution in [0.2, 0.25) is 0 Å². The second-order valence-electron chi connectivity index (χ2n) is 5.44. The number of rotatable bonds is 5. The Morgan fingerprint density at radius 2 is 2.25 bits per heavy atom. The molecule has 1 aliphatic rings. The van der Waals surface area contributed by atoms with Crippen molar-refractivity contribution in [3.8, 4) is 0 Å². The van der Waals surface area contributed by atoms with Crippen LogP contribution in [0.25, 0.3) is 0 Å². The predicted octanol–water partition coefficient (Wildman–Crippen LogP) is 2.34. The van der Waals surface area contributed by atoms with Gasteiger partial charge >= 0.3 is 0 Å². The van der Waals surface area contributed by atoms with E-state index < -0.39 is 0 Å². The lowest BCUT2D eigenvalue weighted by Crippen LogP contribution is -2.31. The van der Waals surface area contributed by atoms with Gasteiger partial charge in [-0.15, -0.1) is 11.3 Å². The fourth-order valence-corrected chi connectivity index (χ4v) is 3.29. The molecule has 0 amide bonds. The maximum Gasteiger partial charge on any atom is 0.0494 e. The van der Waals surface area contributed by atoms with Crippen LogP contribution < -0.4 is 5.32 Å². The van der Waals surface area contributed by atoms with Gasteiger partial charge in [0.1, 0.15) is 0 Å². The van der Waals surface area contributed by atoms with E-state index in [4.69, 9.17) is 5.11 Å². The first kappa shape index (κ1) is 12.1. The van der Waals surface area contributed by atoms with Crippen LogP contribution in [0.3, 0.4) is 0 Å². The summed E-state index contributed by atoms with van der Waals surface area (Å²) in [6.45, 7) is 6.21. The summed E-state index contributed by atoms with van der Waals surface area (Å²) in [7, 11) is 0. The maximum absolute atomic E-state index is 9.15. The van der Waals surface area contributed by atoms with Crippen molar-refractivity contribution in [2.45, 2.75) is 39.7 Å². The van der Waals surface area contributed by atoms with E-state index in [0.717, 1.165) is 13.1 Å². The average molecular weight is 239 g/mol. The number of hydrogen-bond donors (Lipinski definition) is 2. The summed E-state index contributed by atoms with van der Waals surface area (Å²) in [5, 5.41) is 12.6. The number of nitrogens with one attached hydrogen (secondary N) is 1. The van der Waals surface area contributed by atoms with Gasteiger partial charge in [-0.2, -0.15) is 0 Å². The third-order valence-electron chi connectivity index (χ3n) is 3.13. The summed E-state index contributed by atoms with van der Waals surface area (Å²) in [6.07, 6.45) is 3.89. The minimum absolute atomic E-state index is 0.0139. The van der Waals surface area contributed by atoms with E-state index in [1.54, 1.807) is 10.4 Å². The Balaban J connectivity index is 1.82. The molecule has 0 fully saturated rings. The third kappa shape index (κ3) is 2.84. The molecule has 1 aliphatic carbocycles. The van der Waals surface area contributed by atoms with Gasteiger partial charge in [-0.1, -0.05) is 13.8 Å². The molecule has 2 N–H and O–H groups in total.